The smallest absolute Gasteiger partial charge is 0.166 e. The van der Waals surface area contributed by atoms with Crippen LogP contribution in [0, 0.1) is 13.8 Å². The molecule has 0 aliphatic carbocycles. The molecule has 0 amide bonds. The lowest BCUT2D eigenvalue weighted by Gasteiger charge is -2.11. The highest BCUT2D eigenvalue weighted by Crippen LogP contribution is 2.32. The standard InChI is InChI=1S/C11H11F3.C2H6/c1-7-4-5-10(6-8(7)2)9(3)11(12,13)14;1-2/h4-6H,3H2,1-2H3;1-2H3. The Morgan fingerprint density at radius 1 is 1.06 bits per heavy atom. The minimum atomic E-state index is -4.35. The fourth-order valence-corrected chi connectivity index (χ4v) is 1.09. The van der Waals surface area contributed by atoms with Gasteiger partial charge in [-0.2, -0.15) is 13.2 Å². The van der Waals surface area contributed by atoms with E-state index in [9.17, 15) is 13.2 Å². The highest BCUT2D eigenvalue weighted by atomic mass is 19.4. The molecule has 0 unspecified atom stereocenters. The van der Waals surface area contributed by atoms with Gasteiger partial charge in [-0.1, -0.05) is 38.6 Å². The van der Waals surface area contributed by atoms with E-state index in [1.165, 1.54) is 12.1 Å². The maximum atomic E-state index is 12.3. The first-order valence-electron chi connectivity index (χ1n) is 5.16. The first kappa shape index (κ1) is 14.8. The summed E-state index contributed by atoms with van der Waals surface area (Å²) in [4.78, 5) is 0. The summed E-state index contributed by atoms with van der Waals surface area (Å²) in [5, 5.41) is 0. The molecule has 0 heterocycles. The third-order valence-corrected chi connectivity index (χ3v) is 2.20. The van der Waals surface area contributed by atoms with E-state index in [4.69, 9.17) is 0 Å². The molecular formula is C13H17F3. The Morgan fingerprint density at radius 2 is 1.56 bits per heavy atom. The minimum Gasteiger partial charge on any atom is -0.166 e. The van der Waals surface area contributed by atoms with Crippen LogP contribution in [-0.2, 0) is 0 Å². The average Bonchev–Trinajstić information content (AvgIpc) is 2.23. The van der Waals surface area contributed by atoms with Crippen molar-refractivity contribution >= 4 is 5.57 Å². The van der Waals surface area contributed by atoms with Gasteiger partial charge in [0.1, 0.15) is 0 Å². The van der Waals surface area contributed by atoms with Gasteiger partial charge in [0.15, 0.2) is 0 Å². The molecule has 90 valence electrons. The zero-order valence-electron chi connectivity index (χ0n) is 10.1. The monoisotopic (exact) mass is 230 g/mol. The van der Waals surface area contributed by atoms with Crippen LogP contribution in [-0.4, -0.2) is 6.18 Å². The van der Waals surface area contributed by atoms with Gasteiger partial charge in [0.2, 0.25) is 0 Å². The summed E-state index contributed by atoms with van der Waals surface area (Å²) in [6.07, 6.45) is -4.35. The Hall–Kier alpha value is -1.25. The molecule has 3 heteroatoms. The van der Waals surface area contributed by atoms with E-state index in [2.05, 4.69) is 6.58 Å². The summed E-state index contributed by atoms with van der Waals surface area (Å²) >= 11 is 0. The maximum absolute atomic E-state index is 12.3. The van der Waals surface area contributed by atoms with Crippen LogP contribution in [0.2, 0.25) is 0 Å². The lowest BCUT2D eigenvalue weighted by Crippen LogP contribution is -2.09. The van der Waals surface area contributed by atoms with E-state index in [0.717, 1.165) is 11.1 Å². The number of benzene rings is 1. The number of aryl methyl sites for hydroxylation is 2. The van der Waals surface area contributed by atoms with Gasteiger partial charge in [0.05, 0.1) is 5.57 Å². The summed E-state index contributed by atoms with van der Waals surface area (Å²) in [5.74, 6) is 0. The van der Waals surface area contributed by atoms with Gasteiger partial charge in [-0.25, -0.2) is 0 Å². The molecule has 0 bridgehead atoms. The predicted octanol–water partition coefficient (Wildman–Crippen LogP) is 4.91. The Morgan fingerprint density at radius 3 is 1.94 bits per heavy atom. The quantitative estimate of drug-likeness (QED) is 0.643. The Balaban J connectivity index is 0.00000106. The van der Waals surface area contributed by atoms with Crippen molar-refractivity contribution < 1.29 is 13.2 Å². The molecule has 16 heavy (non-hydrogen) atoms. The molecule has 0 aliphatic rings. The lowest BCUT2D eigenvalue weighted by molar-refractivity contribution is -0.0686. The van der Waals surface area contributed by atoms with Crippen molar-refractivity contribution in [2.45, 2.75) is 33.9 Å². The van der Waals surface area contributed by atoms with E-state index in [-0.39, 0.29) is 5.56 Å². The minimum absolute atomic E-state index is 0.139. The van der Waals surface area contributed by atoms with Crippen LogP contribution in [0.1, 0.15) is 30.5 Å². The topological polar surface area (TPSA) is 0 Å². The third kappa shape index (κ3) is 3.72. The van der Waals surface area contributed by atoms with Crippen LogP contribution in [0.15, 0.2) is 24.8 Å². The van der Waals surface area contributed by atoms with Gasteiger partial charge in [0.25, 0.3) is 0 Å². The summed E-state index contributed by atoms with van der Waals surface area (Å²) in [5.41, 5.74) is 1.16. The molecule has 0 radical (unpaired) electrons. The number of hydrogen-bond donors (Lipinski definition) is 0. The van der Waals surface area contributed by atoms with Crippen LogP contribution >= 0.6 is 0 Å². The molecule has 0 spiro atoms. The summed E-state index contributed by atoms with van der Waals surface area (Å²) in [6.45, 7) is 10.7. The van der Waals surface area contributed by atoms with E-state index in [0.29, 0.717) is 0 Å². The van der Waals surface area contributed by atoms with Gasteiger partial charge in [-0.3, -0.25) is 0 Å². The van der Waals surface area contributed by atoms with Crippen molar-refractivity contribution in [1.29, 1.82) is 0 Å². The Kier molecular flexibility index (Phi) is 5.28. The Labute approximate surface area is 94.8 Å². The van der Waals surface area contributed by atoms with Gasteiger partial charge in [-0.05, 0) is 30.5 Å². The molecular weight excluding hydrogens is 213 g/mol. The van der Waals surface area contributed by atoms with Crippen LogP contribution in [0.5, 0.6) is 0 Å². The highest BCUT2D eigenvalue weighted by Gasteiger charge is 2.32. The van der Waals surface area contributed by atoms with E-state index < -0.39 is 11.7 Å². The van der Waals surface area contributed by atoms with Crippen molar-refractivity contribution in [2.24, 2.45) is 0 Å². The molecule has 0 aromatic heterocycles. The maximum Gasteiger partial charge on any atom is 0.416 e. The van der Waals surface area contributed by atoms with Crippen LogP contribution < -0.4 is 0 Å². The first-order chi connectivity index (χ1) is 7.32. The number of alkyl halides is 3. The van der Waals surface area contributed by atoms with Gasteiger partial charge >= 0.3 is 6.18 Å². The van der Waals surface area contributed by atoms with Gasteiger partial charge in [-0.15, -0.1) is 0 Å². The summed E-state index contributed by atoms with van der Waals surface area (Å²) in [7, 11) is 0. The third-order valence-electron chi connectivity index (χ3n) is 2.20. The Bertz CT molecular complexity index is 362. The fraction of sp³-hybridized carbons (Fsp3) is 0.385. The average molecular weight is 230 g/mol. The lowest BCUT2D eigenvalue weighted by atomic mass is 10.0. The first-order valence-corrected chi connectivity index (χ1v) is 5.16. The molecule has 0 saturated carbocycles. The van der Waals surface area contributed by atoms with Crippen molar-refractivity contribution in [3.05, 3.63) is 41.5 Å². The molecule has 0 atom stereocenters. The van der Waals surface area contributed by atoms with Gasteiger partial charge in [0, 0.05) is 0 Å². The number of allylic oxidation sites excluding steroid dienone is 1. The second-order valence-corrected chi connectivity index (χ2v) is 3.28. The second kappa shape index (κ2) is 5.73. The molecule has 0 saturated heterocycles. The van der Waals surface area contributed by atoms with Gasteiger partial charge < -0.3 is 0 Å². The molecule has 1 rings (SSSR count). The van der Waals surface area contributed by atoms with E-state index in [1.54, 1.807) is 13.0 Å². The number of hydrogen-bond acceptors (Lipinski definition) is 0. The van der Waals surface area contributed by atoms with Crippen molar-refractivity contribution in [3.8, 4) is 0 Å². The van der Waals surface area contributed by atoms with Crippen LogP contribution in [0.3, 0.4) is 0 Å². The summed E-state index contributed by atoms with van der Waals surface area (Å²) in [6, 6.07) is 4.62. The summed E-state index contributed by atoms with van der Waals surface area (Å²) < 4.78 is 36.8. The zero-order valence-corrected chi connectivity index (χ0v) is 10.1. The highest BCUT2D eigenvalue weighted by molar-refractivity contribution is 5.68. The molecule has 0 N–H and O–H groups in total. The van der Waals surface area contributed by atoms with Crippen molar-refractivity contribution in [2.75, 3.05) is 0 Å². The largest absolute Gasteiger partial charge is 0.416 e. The van der Waals surface area contributed by atoms with E-state index >= 15 is 0 Å². The number of rotatable bonds is 1. The normalized spacial score (nSPS) is 10.4. The van der Waals surface area contributed by atoms with E-state index in [1.807, 2.05) is 20.8 Å². The van der Waals surface area contributed by atoms with Crippen molar-refractivity contribution in [1.82, 2.24) is 0 Å². The zero-order chi connectivity index (χ0) is 12.9. The molecule has 0 fully saturated rings. The molecule has 0 nitrogen and oxygen atoms in total. The second-order valence-electron chi connectivity index (χ2n) is 3.28. The van der Waals surface area contributed by atoms with Crippen LogP contribution in [0.25, 0.3) is 5.57 Å². The van der Waals surface area contributed by atoms with Crippen LogP contribution in [0.4, 0.5) is 13.2 Å². The fourth-order valence-electron chi connectivity index (χ4n) is 1.09. The molecule has 1 aromatic rings. The predicted molar refractivity (Wildman–Crippen MR) is 62.4 cm³/mol. The molecule has 1 aromatic carbocycles. The molecule has 0 aliphatic heterocycles. The number of halogens is 3. The SMILES string of the molecule is C=C(c1ccc(C)c(C)c1)C(F)(F)F.CC. The van der Waals surface area contributed by atoms with Crippen molar-refractivity contribution in [3.63, 3.8) is 0 Å².